The summed E-state index contributed by atoms with van der Waals surface area (Å²) in [6.07, 6.45) is 8.89. The van der Waals surface area contributed by atoms with Crippen LogP contribution in [0.2, 0.25) is 0 Å². The third kappa shape index (κ3) is 4.18. The Morgan fingerprint density at radius 3 is 2.73 bits per heavy atom. The van der Waals surface area contributed by atoms with E-state index in [0.29, 0.717) is 18.2 Å². The van der Waals surface area contributed by atoms with Crippen LogP contribution in [0.5, 0.6) is 0 Å². The van der Waals surface area contributed by atoms with Gasteiger partial charge in [-0.2, -0.15) is 0 Å². The van der Waals surface area contributed by atoms with Gasteiger partial charge in [0.05, 0.1) is 18.6 Å². The summed E-state index contributed by atoms with van der Waals surface area (Å²) in [7, 11) is 3.81. The fraction of sp³-hybridized carbons (Fsp3) is 0.174. The summed E-state index contributed by atoms with van der Waals surface area (Å²) in [6.45, 7) is 2.35. The summed E-state index contributed by atoms with van der Waals surface area (Å²) in [5.74, 6) is 1.07. The third-order valence-electron chi connectivity index (χ3n) is 5.38. The molecule has 0 saturated heterocycles. The molecule has 0 saturated carbocycles. The van der Waals surface area contributed by atoms with Crippen molar-refractivity contribution in [3.05, 3.63) is 72.5 Å². The van der Waals surface area contributed by atoms with E-state index in [-0.39, 0.29) is 5.91 Å². The van der Waals surface area contributed by atoms with Gasteiger partial charge in [-0.3, -0.25) is 4.79 Å². The van der Waals surface area contributed by atoms with Gasteiger partial charge in [0.1, 0.15) is 17.2 Å². The first-order valence-corrected chi connectivity index (χ1v) is 10.4. The van der Waals surface area contributed by atoms with Gasteiger partial charge in [-0.05, 0) is 36.8 Å². The Morgan fingerprint density at radius 2 is 1.97 bits per heavy atom. The van der Waals surface area contributed by atoms with Crippen molar-refractivity contribution in [3.8, 4) is 11.4 Å². The molecule has 166 valence electrons. The van der Waals surface area contributed by atoms with Crippen LogP contribution in [0.1, 0.15) is 21.9 Å². The number of benzene rings is 1. The molecule has 0 unspecified atom stereocenters. The van der Waals surface area contributed by atoms with Gasteiger partial charge < -0.3 is 24.8 Å². The Balaban J connectivity index is 1.36. The molecule has 0 radical (unpaired) electrons. The van der Waals surface area contributed by atoms with Crippen molar-refractivity contribution >= 4 is 28.4 Å². The molecule has 0 spiro atoms. The zero-order valence-corrected chi connectivity index (χ0v) is 18.5. The number of nitrogens with zero attached hydrogens (tertiary/aromatic N) is 6. The summed E-state index contributed by atoms with van der Waals surface area (Å²) >= 11 is 0. The highest BCUT2D eigenvalue weighted by Gasteiger charge is 2.13. The number of anilines is 2. The van der Waals surface area contributed by atoms with E-state index < -0.39 is 0 Å². The van der Waals surface area contributed by atoms with Crippen LogP contribution in [-0.4, -0.2) is 40.0 Å². The molecule has 0 bridgehead atoms. The highest BCUT2D eigenvalue weighted by atomic mass is 16.1. The van der Waals surface area contributed by atoms with Crippen molar-refractivity contribution in [1.29, 1.82) is 0 Å². The molecule has 33 heavy (non-hydrogen) atoms. The van der Waals surface area contributed by atoms with Crippen LogP contribution in [0.15, 0.2) is 55.4 Å². The van der Waals surface area contributed by atoms with Crippen LogP contribution >= 0.6 is 0 Å². The third-order valence-corrected chi connectivity index (χ3v) is 5.38. The second kappa shape index (κ2) is 8.23. The van der Waals surface area contributed by atoms with Gasteiger partial charge in [0.25, 0.3) is 5.91 Å². The quantitative estimate of drug-likeness (QED) is 0.373. The number of amides is 1. The van der Waals surface area contributed by atoms with Crippen LogP contribution in [0, 0.1) is 6.92 Å². The van der Waals surface area contributed by atoms with Gasteiger partial charge in [-0.25, -0.2) is 19.9 Å². The Hall–Kier alpha value is -4.47. The normalized spacial score (nSPS) is 11.1. The fourth-order valence-corrected chi connectivity index (χ4v) is 3.68. The molecule has 3 N–H and O–H groups in total. The van der Waals surface area contributed by atoms with E-state index in [1.165, 1.54) is 0 Å². The van der Waals surface area contributed by atoms with Crippen LogP contribution in [0.25, 0.3) is 22.3 Å². The van der Waals surface area contributed by atoms with E-state index in [2.05, 4.69) is 35.6 Å². The Kier molecular flexibility index (Phi) is 5.09. The van der Waals surface area contributed by atoms with Crippen molar-refractivity contribution in [2.45, 2.75) is 13.5 Å². The van der Waals surface area contributed by atoms with Crippen molar-refractivity contribution in [3.63, 3.8) is 0 Å². The van der Waals surface area contributed by atoms with E-state index in [9.17, 15) is 4.79 Å². The molecular weight excluding hydrogens is 418 g/mol. The van der Waals surface area contributed by atoms with Crippen molar-refractivity contribution in [2.24, 2.45) is 14.1 Å². The predicted octanol–water partition coefficient (Wildman–Crippen LogP) is 3.07. The van der Waals surface area contributed by atoms with E-state index in [1.54, 1.807) is 18.7 Å². The lowest BCUT2D eigenvalue weighted by Crippen LogP contribution is -2.24. The molecule has 4 heterocycles. The molecule has 0 atom stereocenters. The molecule has 0 aliphatic heterocycles. The molecule has 1 aromatic carbocycles. The Morgan fingerprint density at radius 1 is 1.09 bits per heavy atom. The van der Waals surface area contributed by atoms with Gasteiger partial charge in [0.2, 0.25) is 5.95 Å². The largest absolute Gasteiger partial charge is 0.350 e. The standard InChI is InChI=1S/C23H23N9O/c1-14-8-16(28-23-25-5-4-17(30-23)19-12-31(2)13-27-19)9-15-10-18(29-21(14)15)22(33)26-11-20-24-6-7-32(20)3/h4-10,12-13,29H,11H2,1-3H3,(H,26,33)(H,25,28,30). The van der Waals surface area contributed by atoms with Crippen LogP contribution in [0.4, 0.5) is 11.6 Å². The first-order chi connectivity index (χ1) is 16.0. The average molecular weight is 441 g/mol. The highest BCUT2D eigenvalue weighted by molar-refractivity contribution is 5.99. The van der Waals surface area contributed by atoms with Gasteiger partial charge in [-0.15, -0.1) is 0 Å². The zero-order chi connectivity index (χ0) is 22.9. The maximum Gasteiger partial charge on any atom is 0.268 e. The van der Waals surface area contributed by atoms with Gasteiger partial charge in [0.15, 0.2) is 0 Å². The summed E-state index contributed by atoms with van der Waals surface area (Å²) in [5, 5.41) is 7.08. The first kappa shape index (κ1) is 20.4. The number of aryl methyl sites for hydroxylation is 3. The maximum atomic E-state index is 12.7. The predicted molar refractivity (Wildman–Crippen MR) is 125 cm³/mol. The molecule has 5 aromatic rings. The smallest absolute Gasteiger partial charge is 0.268 e. The topological polar surface area (TPSA) is 118 Å². The number of aromatic amines is 1. The number of aromatic nitrogens is 7. The molecule has 10 heteroatoms. The average Bonchev–Trinajstić information content (AvgIpc) is 3.52. The van der Waals surface area contributed by atoms with Crippen molar-refractivity contribution in [1.82, 2.24) is 39.4 Å². The second-order valence-electron chi connectivity index (χ2n) is 7.89. The molecular formula is C23H23N9O. The molecule has 0 aliphatic carbocycles. The summed E-state index contributed by atoms with van der Waals surface area (Å²) in [4.78, 5) is 33.4. The minimum absolute atomic E-state index is 0.186. The Labute approximate surface area is 189 Å². The Bertz CT molecular complexity index is 1460. The fourth-order valence-electron chi connectivity index (χ4n) is 3.68. The lowest BCUT2D eigenvalue weighted by atomic mass is 10.1. The zero-order valence-electron chi connectivity index (χ0n) is 18.5. The number of carbonyl (C=O) groups is 1. The first-order valence-electron chi connectivity index (χ1n) is 10.4. The monoisotopic (exact) mass is 441 g/mol. The number of H-pyrrole nitrogens is 1. The maximum absolute atomic E-state index is 12.7. The van der Waals surface area contributed by atoms with Crippen molar-refractivity contribution < 1.29 is 4.79 Å². The van der Waals surface area contributed by atoms with Crippen LogP contribution in [0.3, 0.4) is 0 Å². The van der Waals surface area contributed by atoms with Crippen LogP contribution < -0.4 is 10.6 Å². The van der Waals surface area contributed by atoms with E-state index in [0.717, 1.165) is 39.4 Å². The van der Waals surface area contributed by atoms with Crippen molar-refractivity contribution in [2.75, 3.05) is 5.32 Å². The minimum Gasteiger partial charge on any atom is -0.350 e. The number of nitrogens with one attached hydrogen (secondary N) is 3. The molecule has 1 amide bonds. The molecule has 5 rings (SSSR count). The van der Waals surface area contributed by atoms with Crippen LogP contribution in [-0.2, 0) is 20.6 Å². The number of fused-ring (bicyclic) bond motifs is 1. The molecule has 10 nitrogen and oxygen atoms in total. The lowest BCUT2D eigenvalue weighted by molar-refractivity contribution is 0.0945. The number of hydrogen-bond donors (Lipinski definition) is 3. The summed E-state index contributed by atoms with van der Waals surface area (Å²) < 4.78 is 3.75. The number of imidazole rings is 2. The second-order valence-corrected chi connectivity index (χ2v) is 7.89. The van der Waals surface area contributed by atoms with Gasteiger partial charge in [0, 0.05) is 55.5 Å². The number of hydrogen-bond acceptors (Lipinski definition) is 6. The SMILES string of the molecule is Cc1cc(Nc2nccc(-c3cn(C)cn3)n2)cc2cc(C(=O)NCc3nccn3C)[nH]c12. The highest BCUT2D eigenvalue weighted by Crippen LogP contribution is 2.26. The van der Waals surface area contributed by atoms with E-state index in [4.69, 9.17) is 0 Å². The summed E-state index contributed by atoms with van der Waals surface area (Å²) in [5.41, 5.74) is 4.75. The van der Waals surface area contributed by atoms with Gasteiger partial charge in [-0.1, -0.05) is 0 Å². The molecule has 0 aliphatic rings. The number of carbonyl (C=O) groups excluding carboxylic acids is 1. The van der Waals surface area contributed by atoms with Gasteiger partial charge >= 0.3 is 0 Å². The summed E-state index contributed by atoms with van der Waals surface area (Å²) in [6, 6.07) is 7.62. The minimum atomic E-state index is -0.186. The number of rotatable bonds is 6. The lowest BCUT2D eigenvalue weighted by Gasteiger charge is -2.07. The van der Waals surface area contributed by atoms with E-state index in [1.807, 2.05) is 66.8 Å². The molecule has 4 aromatic heterocycles. The molecule has 0 fully saturated rings. The van der Waals surface area contributed by atoms with E-state index >= 15 is 0 Å².